The van der Waals surface area contributed by atoms with E-state index >= 15 is 0 Å². The van der Waals surface area contributed by atoms with Gasteiger partial charge in [-0.25, -0.2) is 0 Å². The topological polar surface area (TPSA) is 64.9 Å². The van der Waals surface area contributed by atoms with Gasteiger partial charge in [0.15, 0.2) is 0 Å². The molecular weight excluding hydrogens is 350 g/mol. The SMILES string of the molecule is c1ccc(CCNCc2cccc(Oc3nnnn3-c3ccccc3)c2)cc1. The third kappa shape index (κ3) is 4.61. The van der Waals surface area contributed by atoms with Crippen LogP contribution in [0, 0.1) is 0 Å². The summed E-state index contributed by atoms with van der Waals surface area (Å²) in [6.45, 7) is 1.69. The summed E-state index contributed by atoms with van der Waals surface area (Å²) in [6.07, 6.45) is 1.00. The van der Waals surface area contributed by atoms with Crippen LogP contribution in [0.15, 0.2) is 84.9 Å². The minimum Gasteiger partial charge on any atom is -0.423 e. The predicted octanol–water partition coefficient (Wildman–Crippen LogP) is 3.79. The van der Waals surface area contributed by atoms with E-state index < -0.39 is 0 Å². The van der Waals surface area contributed by atoms with Crippen molar-refractivity contribution in [1.82, 2.24) is 25.5 Å². The molecule has 0 atom stereocenters. The van der Waals surface area contributed by atoms with Gasteiger partial charge in [-0.1, -0.05) is 65.8 Å². The first-order chi connectivity index (χ1) is 13.9. The summed E-state index contributed by atoms with van der Waals surface area (Å²) in [5, 5.41) is 15.2. The molecule has 6 nitrogen and oxygen atoms in total. The molecule has 0 saturated heterocycles. The molecule has 1 N–H and O–H groups in total. The Morgan fingerprint density at radius 1 is 0.821 bits per heavy atom. The normalized spacial score (nSPS) is 10.7. The summed E-state index contributed by atoms with van der Waals surface area (Å²) in [5.74, 6) is 0.703. The van der Waals surface area contributed by atoms with Crippen molar-refractivity contribution < 1.29 is 4.74 Å². The van der Waals surface area contributed by atoms with E-state index in [0.717, 1.165) is 30.8 Å². The van der Waals surface area contributed by atoms with Crippen LogP contribution in [-0.2, 0) is 13.0 Å². The highest BCUT2D eigenvalue weighted by Gasteiger charge is 2.10. The number of rotatable bonds is 8. The fourth-order valence-electron chi connectivity index (χ4n) is 2.91. The molecule has 3 aromatic carbocycles. The third-order valence-corrected chi connectivity index (χ3v) is 4.31. The van der Waals surface area contributed by atoms with Crippen LogP contribution >= 0.6 is 0 Å². The second-order valence-electron chi connectivity index (χ2n) is 6.37. The Labute approximate surface area is 163 Å². The van der Waals surface area contributed by atoms with Crippen molar-refractivity contribution in [3.8, 4) is 17.4 Å². The van der Waals surface area contributed by atoms with E-state index in [0.29, 0.717) is 11.8 Å². The van der Waals surface area contributed by atoms with E-state index in [2.05, 4.69) is 51.2 Å². The molecule has 4 rings (SSSR count). The molecule has 0 unspecified atom stereocenters. The van der Waals surface area contributed by atoms with Gasteiger partial charge >= 0.3 is 6.01 Å². The Balaban J connectivity index is 1.36. The van der Waals surface area contributed by atoms with Crippen LogP contribution in [0.5, 0.6) is 11.8 Å². The van der Waals surface area contributed by atoms with Crippen LogP contribution < -0.4 is 10.1 Å². The first kappa shape index (κ1) is 17.9. The molecule has 28 heavy (non-hydrogen) atoms. The molecule has 1 aromatic heterocycles. The summed E-state index contributed by atoms with van der Waals surface area (Å²) in [6, 6.07) is 28.4. The molecule has 0 aliphatic carbocycles. The summed E-state index contributed by atoms with van der Waals surface area (Å²) in [4.78, 5) is 0. The Morgan fingerprint density at radius 2 is 1.57 bits per heavy atom. The molecule has 0 radical (unpaired) electrons. The number of hydrogen-bond donors (Lipinski definition) is 1. The molecule has 0 fully saturated rings. The molecule has 6 heteroatoms. The van der Waals surface area contributed by atoms with Gasteiger partial charge in [0.05, 0.1) is 5.69 Å². The van der Waals surface area contributed by atoms with Crippen LogP contribution in [-0.4, -0.2) is 26.8 Å². The highest BCUT2D eigenvalue weighted by molar-refractivity contribution is 5.34. The molecule has 0 amide bonds. The molecule has 140 valence electrons. The summed E-state index contributed by atoms with van der Waals surface area (Å²) in [7, 11) is 0. The maximum Gasteiger partial charge on any atom is 0.345 e. The van der Waals surface area contributed by atoms with Crippen molar-refractivity contribution in [1.29, 1.82) is 0 Å². The van der Waals surface area contributed by atoms with Gasteiger partial charge in [-0.05, 0) is 58.8 Å². The second-order valence-corrected chi connectivity index (χ2v) is 6.37. The Hall–Kier alpha value is -3.51. The minimum atomic E-state index is 0.334. The number of benzene rings is 3. The number of nitrogens with zero attached hydrogens (tertiary/aromatic N) is 4. The molecule has 0 bridgehead atoms. The lowest BCUT2D eigenvalue weighted by Crippen LogP contribution is -2.16. The van der Waals surface area contributed by atoms with Crippen molar-refractivity contribution in [3.05, 3.63) is 96.1 Å². The highest BCUT2D eigenvalue weighted by atomic mass is 16.5. The summed E-state index contributed by atoms with van der Waals surface area (Å²) < 4.78 is 7.49. The number of ether oxygens (including phenoxy) is 1. The van der Waals surface area contributed by atoms with E-state index in [9.17, 15) is 0 Å². The minimum absolute atomic E-state index is 0.334. The van der Waals surface area contributed by atoms with Gasteiger partial charge in [-0.2, -0.15) is 4.68 Å². The van der Waals surface area contributed by atoms with E-state index in [4.69, 9.17) is 4.74 Å². The van der Waals surface area contributed by atoms with Crippen LogP contribution in [0.1, 0.15) is 11.1 Å². The third-order valence-electron chi connectivity index (χ3n) is 4.31. The molecule has 0 aliphatic rings. The van der Waals surface area contributed by atoms with Crippen LogP contribution in [0.25, 0.3) is 5.69 Å². The van der Waals surface area contributed by atoms with Crippen molar-refractivity contribution in [2.75, 3.05) is 6.54 Å². The Bertz CT molecular complexity index is 1000. The van der Waals surface area contributed by atoms with E-state index in [1.54, 1.807) is 4.68 Å². The fraction of sp³-hybridized carbons (Fsp3) is 0.136. The van der Waals surface area contributed by atoms with E-state index in [1.165, 1.54) is 5.56 Å². The monoisotopic (exact) mass is 371 g/mol. The van der Waals surface area contributed by atoms with E-state index in [-0.39, 0.29) is 0 Å². The molecule has 0 aliphatic heterocycles. The van der Waals surface area contributed by atoms with Crippen LogP contribution in [0.4, 0.5) is 0 Å². The molecule has 4 aromatic rings. The Morgan fingerprint density at radius 3 is 2.39 bits per heavy atom. The van der Waals surface area contributed by atoms with Gasteiger partial charge in [0, 0.05) is 6.54 Å². The fourth-order valence-corrected chi connectivity index (χ4v) is 2.91. The van der Waals surface area contributed by atoms with Gasteiger partial charge in [0.2, 0.25) is 0 Å². The number of nitrogens with one attached hydrogen (secondary N) is 1. The first-order valence-electron chi connectivity index (χ1n) is 9.24. The zero-order valence-electron chi connectivity index (χ0n) is 15.4. The lowest BCUT2D eigenvalue weighted by Gasteiger charge is -2.09. The predicted molar refractivity (Wildman–Crippen MR) is 108 cm³/mol. The van der Waals surface area contributed by atoms with Gasteiger partial charge in [0.25, 0.3) is 0 Å². The number of hydrogen-bond acceptors (Lipinski definition) is 5. The van der Waals surface area contributed by atoms with Gasteiger partial charge in [-0.3, -0.25) is 0 Å². The quantitative estimate of drug-likeness (QED) is 0.478. The molecule has 0 saturated carbocycles. The summed E-state index contributed by atoms with van der Waals surface area (Å²) in [5.41, 5.74) is 3.32. The number of para-hydroxylation sites is 1. The zero-order chi connectivity index (χ0) is 19.0. The maximum atomic E-state index is 5.92. The lowest BCUT2D eigenvalue weighted by atomic mass is 10.1. The second kappa shape index (κ2) is 8.92. The largest absolute Gasteiger partial charge is 0.423 e. The first-order valence-corrected chi connectivity index (χ1v) is 9.24. The number of tetrazole rings is 1. The van der Waals surface area contributed by atoms with Gasteiger partial charge < -0.3 is 10.1 Å². The van der Waals surface area contributed by atoms with Gasteiger partial charge in [0.1, 0.15) is 5.75 Å². The van der Waals surface area contributed by atoms with Crippen molar-refractivity contribution in [2.45, 2.75) is 13.0 Å². The van der Waals surface area contributed by atoms with Crippen LogP contribution in [0.3, 0.4) is 0 Å². The van der Waals surface area contributed by atoms with Crippen LogP contribution in [0.2, 0.25) is 0 Å². The number of aromatic nitrogens is 4. The van der Waals surface area contributed by atoms with Gasteiger partial charge in [-0.15, -0.1) is 0 Å². The van der Waals surface area contributed by atoms with Crippen molar-refractivity contribution in [2.24, 2.45) is 0 Å². The lowest BCUT2D eigenvalue weighted by molar-refractivity contribution is 0.426. The van der Waals surface area contributed by atoms with Crippen molar-refractivity contribution >= 4 is 0 Å². The Kier molecular flexibility index (Phi) is 5.70. The zero-order valence-corrected chi connectivity index (χ0v) is 15.4. The average Bonchev–Trinajstić information content (AvgIpc) is 3.21. The molecule has 0 spiro atoms. The van der Waals surface area contributed by atoms with Crippen molar-refractivity contribution in [3.63, 3.8) is 0 Å². The molecule has 1 heterocycles. The summed E-state index contributed by atoms with van der Waals surface area (Å²) >= 11 is 0. The maximum absolute atomic E-state index is 5.92. The smallest absolute Gasteiger partial charge is 0.345 e. The average molecular weight is 371 g/mol. The standard InChI is InChI=1S/C22H21N5O/c1-3-8-18(9-4-1)14-15-23-17-19-10-7-13-21(16-19)28-22-24-25-26-27(22)20-11-5-2-6-12-20/h1-13,16,23H,14-15,17H2. The highest BCUT2D eigenvalue weighted by Crippen LogP contribution is 2.22. The van der Waals surface area contributed by atoms with E-state index in [1.807, 2.05) is 54.6 Å². The molecular formula is C22H21N5O.